The molecule has 4 nitrogen and oxygen atoms in total. The van der Waals surface area contributed by atoms with E-state index < -0.39 is 10.0 Å². The van der Waals surface area contributed by atoms with Gasteiger partial charge in [-0.1, -0.05) is 0 Å². The van der Waals surface area contributed by atoms with Crippen LogP contribution in [0.2, 0.25) is 0 Å². The Kier molecular flexibility index (Phi) is 3.37. The summed E-state index contributed by atoms with van der Waals surface area (Å²) in [5.74, 6) is 0.599. The molecule has 2 rings (SSSR count). The molecule has 0 aromatic carbocycles. The summed E-state index contributed by atoms with van der Waals surface area (Å²) in [5.41, 5.74) is 0. The molecule has 1 N–H and O–H groups in total. The zero-order valence-corrected chi connectivity index (χ0v) is 11.1. The van der Waals surface area contributed by atoms with E-state index in [0.29, 0.717) is 9.97 Å². The van der Waals surface area contributed by atoms with Crippen LogP contribution in [0.1, 0.15) is 23.6 Å². The monoisotopic (exact) mass is 271 g/mol. The lowest BCUT2D eigenvalue weighted by Gasteiger charge is -2.10. The molecule has 17 heavy (non-hydrogen) atoms. The Morgan fingerprint density at radius 2 is 2.12 bits per heavy atom. The first-order chi connectivity index (χ1) is 7.99. The Labute approximate surface area is 104 Å². The van der Waals surface area contributed by atoms with Crippen molar-refractivity contribution in [3.8, 4) is 0 Å². The maximum atomic E-state index is 12.0. The topological polar surface area (TPSA) is 59.3 Å². The standard InChI is InChI=1S/C11H13NO3S2/c1-8-5-6-11(16-8)17(13,14)12-9(2)10-4-3-7-15-10/h3-7,9,12H,1-2H3. The molecule has 0 saturated carbocycles. The van der Waals surface area contributed by atoms with E-state index in [2.05, 4.69) is 4.72 Å². The van der Waals surface area contributed by atoms with Crippen molar-refractivity contribution in [2.45, 2.75) is 24.1 Å². The van der Waals surface area contributed by atoms with Crippen LogP contribution in [0.25, 0.3) is 0 Å². The fraction of sp³-hybridized carbons (Fsp3) is 0.273. The van der Waals surface area contributed by atoms with Crippen LogP contribution in [-0.2, 0) is 10.0 Å². The predicted molar refractivity (Wildman–Crippen MR) is 66.5 cm³/mol. The number of nitrogens with one attached hydrogen (secondary N) is 1. The van der Waals surface area contributed by atoms with Gasteiger partial charge >= 0.3 is 0 Å². The molecule has 0 fully saturated rings. The number of rotatable bonds is 4. The molecule has 0 aliphatic rings. The summed E-state index contributed by atoms with van der Waals surface area (Å²) in [6.45, 7) is 3.62. The molecule has 0 amide bonds. The molecule has 0 radical (unpaired) electrons. The fourth-order valence-electron chi connectivity index (χ4n) is 1.44. The first-order valence-corrected chi connectivity index (χ1v) is 7.41. The number of aryl methyl sites for hydroxylation is 1. The molecule has 0 aliphatic carbocycles. The van der Waals surface area contributed by atoms with E-state index in [9.17, 15) is 8.42 Å². The molecule has 1 atom stereocenters. The van der Waals surface area contributed by atoms with Gasteiger partial charge in [0.05, 0.1) is 12.3 Å². The van der Waals surface area contributed by atoms with E-state index in [-0.39, 0.29) is 6.04 Å². The van der Waals surface area contributed by atoms with Gasteiger partial charge in [-0.3, -0.25) is 0 Å². The van der Waals surface area contributed by atoms with Crippen LogP contribution >= 0.6 is 11.3 Å². The summed E-state index contributed by atoms with van der Waals surface area (Å²) in [6, 6.07) is 6.49. The van der Waals surface area contributed by atoms with Gasteiger partial charge in [0.2, 0.25) is 0 Å². The van der Waals surface area contributed by atoms with Crippen LogP contribution in [0.5, 0.6) is 0 Å². The lowest BCUT2D eigenvalue weighted by Crippen LogP contribution is -2.25. The lowest BCUT2D eigenvalue weighted by atomic mass is 10.3. The van der Waals surface area contributed by atoms with Crippen LogP contribution in [0, 0.1) is 6.92 Å². The van der Waals surface area contributed by atoms with Crippen LogP contribution in [0.4, 0.5) is 0 Å². The Morgan fingerprint density at radius 3 is 2.65 bits per heavy atom. The smallest absolute Gasteiger partial charge is 0.250 e. The highest BCUT2D eigenvalue weighted by atomic mass is 32.2. The molecule has 6 heteroatoms. The number of sulfonamides is 1. The van der Waals surface area contributed by atoms with Gasteiger partial charge in [0.25, 0.3) is 10.0 Å². The second-order valence-electron chi connectivity index (χ2n) is 3.72. The highest BCUT2D eigenvalue weighted by molar-refractivity contribution is 7.91. The first kappa shape index (κ1) is 12.3. The van der Waals surface area contributed by atoms with Gasteiger partial charge in [0.15, 0.2) is 0 Å². The molecule has 0 saturated heterocycles. The van der Waals surface area contributed by atoms with Crippen molar-refractivity contribution in [3.05, 3.63) is 41.2 Å². The van der Waals surface area contributed by atoms with Gasteiger partial charge in [0, 0.05) is 4.88 Å². The van der Waals surface area contributed by atoms with Crippen molar-refractivity contribution >= 4 is 21.4 Å². The average molecular weight is 271 g/mol. The van der Waals surface area contributed by atoms with Gasteiger partial charge in [-0.05, 0) is 38.1 Å². The molecule has 1 unspecified atom stereocenters. The maximum Gasteiger partial charge on any atom is 0.250 e. The predicted octanol–water partition coefficient (Wildman–Crippen LogP) is 2.69. The molecule has 2 heterocycles. The highest BCUT2D eigenvalue weighted by Crippen LogP contribution is 2.23. The molecule has 92 valence electrons. The van der Waals surface area contributed by atoms with Crippen molar-refractivity contribution in [1.29, 1.82) is 0 Å². The fourth-order valence-corrected chi connectivity index (χ4v) is 3.96. The minimum atomic E-state index is -3.46. The van der Waals surface area contributed by atoms with E-state index in [4.69, 9.17) is 4.42 Å². The van der Waals surface area contributed by atoms with Crippen LogP contribution < -0.4 is 4.72 Å². The zero-order valence-electron chi connectivity index (χ0n) is 9.51. The molecule has 0 aliphatic heterocycles. The van der Waals surface area contributed by atoms with E-state index in [1.165, 1.54) is 17.6 Å². The number of furan rings is 1. The third-order valence-electron chi connectivity index (χ3n) is 2.28. The Morgan fingerprint density at radius 1 is 1.35 bits per heavy atom. The normalized spacial score (nSPS) is 13.8. The lowest BCUT2D eigenvalue weighted by molar-refractivity contribution is 0.459. The van der Waals surface area contributed by atoms with Crippen molar-refractivity contribution in [3.63, 3.8) is 0 Å². The van der Waals surface area contributed by atoms with Crippen molar-refractivity contribution in [1.82, 2.24) is 4.72 Å². The zero-order chi connectivity index (χ0) is 12.5. The van der Waals surface area contributed by atoms with E-state index >= 15 is 0 Å². The Bertz CT molecular complexity index is 584. The minimum absolute atomic E-state index is 0.327. The number of hydrogen-bond donors (Lipinski definition) is 1. The van der Waals surface area contributed by atoms with Gasteiger partial charge in [0.1, 0.15) is 9.97 Å². The number of thiophene rings is 1. The van der Waals surface area contributed by atoms with Crippen LogP contribution in [0.15, 0.2) is 39.2 Å². The summed E-state index contributed by atoms with van der Waals surface area (Å²) in [7, 11) is -3.46. The van der Waals surface area contributed by atoms with Crippen molar-refractivity contribution < 1.29 is 12.8 Å². The van der Waals surface area contributed by atoms with Crippen molar-refractivity contribution in [2.75, 3.05) is 0 Å². The highest BCUT2D eigenvalue weighted by Gasteiger charge is 2.20. The van der Waals surface area contributed by atoms with E-state index in [1.54, 1.807) is 31.2 Å². The number of hydrogen-bond acceptors (Lipinski definition) is 4. The average Bonchev–Trinajstić information content (AvgIpc) is 2.86. The molecule has 0 spiro atoms. The minimum Gasteiger partial charge on any atom is -0.468 e. The van der Waals surface area contributed by atoms with E-state index in [1.807, 2.05) is 6.92 Å². The van der Waals surface area contributed by atoms with Crippen molar-refractivity contribution in [2.24, 2.45) is 0 Å². The van der Waals surface area contributed by atoms with Gasteiger partial charge in [-0.15, -0.1) is 11.3 Å². The summed E-state index contributed by atoms with van der Waals surface area (Å²) in [5, 5.41) is 0. The summed E-state index contributed by atoms with van der Waals surface area (Å²) < 4.78 is 32.1. The molecular weight excluding hydrogens is 258 g/mol. The Hall–Kier alpha value is -1.11. The van der Waals surface area contributed by atoms with Gasteiger partial charge < -0.3 is 4.42 Å². The third kappa shape index (κ3) is 2.77. The molecule has 2 aromatic heterocycles. The van der Waals surface area contributed by atoms with Crippen LogP contribution in [0.3, 0.4) is 0 Å². The first-order valence-electron chi connectivity index (χ1n) is 5.11. The Balaban J connectivity index is 2.18. The third-order valence-corrected chi connectivity index (χ3v) is 5.32. The van der Waals surface area contributed by atoms with E-state index in [0.717, 1.165) is 4.88 Å². The summed E-state index contributed by atoms with van der Waals surface area (Å²) in [4.78, 5) is 0.969. The molecule has 2 aromatic rings. The SMILES string of the molecule is Cc1ccc(S(=O)(=O)NC(C)c2ccco2)s1. The molecule has 0 bridgehead atoms. The quantitative estimate of drug-likeness (QED) is 0.930. The second kappa shape index (κ2) is 4.64. The molecular formula is C11H13NO3S2. The van der Waals surface area contributed by atoms with Gasteiger partial charge in [-0.25, -0.2) is 13.1 Å². The maximum absolute atomic E-state index is 12.0. The summed E-state index contributed by atoms with van der Waals surface area (Å²) >= 11 is 1.25. The largest absolute Gasteiger partial charge is 0.468 e. The van der Waals surface area contributed by atoms with Crippen LogP contribution in [-0.4, -0.2) is 8.42 Å². The second-order valence-corrected chi connectivity index (χ2v) is 6.95. The summed E-state index contributed by atoms with van der Waals surface area (Å²) in [6.07, 6.45) is 1.52. The van der Waals surface area contributed by atoms with Gasteiger partial charge in [-0.2, -0.15) is 0 Å².